The summed E-state index contributed by atoms with van der Waals surface area (Å²) in [6.07, 6.45) is -3.50. The lowest BCUT2D eigenvalue weighted by molar-refractivity contribution is -0.149. The van der Waals surface area contributed by atoms with E-state index in [1.54, 1.807) is 6.92 Å². The first kappa shape index (κ1) is 19.7. The summed E-state index contributed by atoms with van der Waals surface area (Å²) in [4.78, 5) is 11.3. The fourth-order valence-electron chi connectivity index (χ4n) is 2.70. The molecular formula is C16H19F3O5S. The van der Waals surface area contributed by atoms with Crippen LogP contribution in [-0.2, 0) is 30.0 Å². The predicted octanol–water partition coefficient (Wildman–Crippen LogP) is 3.53. The van der Waals surface area contributed by atoms with Crippen molar-refractivity contribution in [3.63, 3.8) is 0 Å². The summed E-state index contributed by atoms with van der Waals surface area (Å²) in [5.41, 5.74) is -0.929. The van der Waals surface area contributed by atoms with E-state index in [4.69, 9.17) is 8.92 Å². The van der Waals surface area contributed by atoms with Crippen molar-refractivity contribution in [3.8, 4) is 0 Å². The second-order valence-electron chi connectivity index (χ2n) is 5.80. The minimum atomic E-state index is -4.53. The van der Waals surface area contributed by atoms with Crippen molar-refractivity contribution >= 4 is 16.1 Å². The zero-order valence-electron chi connectivity index (χ0n) is 13.6. The molecule has 1 aliphatic rings. The van der Waals surface area contributed by atoms with Crippen molar-refractivity contribution < 1.29 is 35.3 Å². The first-order valence-electron chi connectivity index (χ1n) is 7.90. The molecule has 0 heterocycles. The van der Waals surface area contributed by atoms with E-state index < -0.39 is 28.0 Å². The van der Waals surface area contributed by atoms with Crippen molar-refractivity contribution in [2.75, 3.05) is 6.61 Å². The van der Waals surface area contributed by atoms with Crippen LogP contribution >= 0.6 is 0 Å². The number of ether oxygens (including phenoxy) is 1. The van der Waals surface area contributed by atoms with Crippen LogP contribution < -0.4 is 0 Å². The quantitative estimate of drug-likeness (QED) is 0.577. The highest BCUT2D eigenvalue weighted by Gasteiger charge is 2.33. The Bertz CT molecular complexity index is 689. The van der Waals surface area contributed by atoms with Gasteiger partial charge in [-0.2, -0.15) is 21.6 Å². The van der Waals surface area contributed by atoms with Gasteiger partial charge in [-0.15, -0.1) is 0 Å². The Balaban J connectivity index is 1.97. The minimum Gasteiger partial charge on any atom is -0.466 e. The Kier molecular flexibility index (Phi) is 6.10. The molecule has 0 N–H and O–H groups in total. The third kappa shape index (κ3) is 5.18. The Morgan fingerprint density at radius 1 is 1.12 bits per heavy atom. The molecule has 9 heteroatoms. The van der Waals surface area contributed by atoms with Gasteiger partial charge in [-0.25, -0.2) is 0 Å². The molecule has 0 spiro atoms. The van der Waals surface area contributed by atoms with Gasteiger partial charge in [0.2, 0.25) is 0 Å². The second kappa shape index (κ2) is 7.74. The fourth-order valence-corrected chi connectivity index (χ4v) is 3.83. The molecule has 25 heavy (non-hydrogen) atoms. The summed E-state index contributed by atoms with van der Waals surface area (Å²) in [6.45, 7) is 2.00. The number of halogens is 3. The van der Waals surface area contributed by atoms with E-state index in [0.29, 0.717) is 37.8 Å². The summed E-state index contributed by atoms with van der Waals surface area (Å²) in [5, 5.41) is 0. The lowest BCUT2D eigenvalue weighted by Gasteiger charge is -2.26. The number of alkyl halides is 3. The highest BCUT2D eigenvalue weighted by Crippen LogP contribution is 2.32. The molecule has 0 radical (unpaired) electrons. The lowest BCUT2D eigenvalue weighted by Crippen LogP contribution is -2.29. The van der Waals surface area contributed by atoms with Crippen LogP contribution in [0.4, 0.5) is 13.2 Å². The summed E-state index contributed by atoms with van der Waals surface area (Å²) >= 11 is 0. The molecule has 140 valence electrons. The minimum absolute atomic E-state index is 0.270. The van der Waals surface area contributed by atoms with Gasteiger partial charge in [-0.3, -0.25) is 8.98 Å². The second-order valence-corrected chi connectivity index (χ2v) is 7.37. The number of hydrogen-bond acceptors (Lipinski definition) is 5. The van der Waals surface area contributed by atoms with E-state index in [9.17, 15) is 26.4 Å². The molecule has 1 saturated carbocycles. The van der Waals surface area contributed by atoms with E-state index >= 15 is 0 Å². The van der Waals surface area contributed by atoms with E-state index in [-0.39, 0.29) is 23.4 Å². The van der Waals surface area contributed by atoms with Gasteiger partial charge >= 0.3 is 12.1 Å². The summed E-state index contributed by atoms with van der Waals surface area (Å²) in [7, 11) is -4.15. The Morgan fingerprint density at radius 2 is 1.68 bits per heavy atom. The monoisotopic (exact) mass is 380 g/mol. The highest BCUT2D eigenvalue weighted by molar-refractivity contribution is 7.86. The number of esters is 1. The molecule has 0 unspecified atom stereocenters. The number of hydrogen-bond donors (Lipinski definition) is 0. The molecule has 0 amide bonds. The molecule has 5 nitrogen and oxygen atoms in total. The Labute approximate surface area is 144 Å². The van der Waals surface area contributed by atoms with Crippen LogP contribution in [0.2, 0.25) is 0 Å². The van der Waals surface area contributed by atoms with E-state index in [0.717, 1.165) is 12.1 Å². The maximum Gasteiger partial charge on any atom is 0.416 e. The summed E-state index contributed by atoms with van der Waals surface area (Å²) < 4.78 is 72.0. The molecule has 0 aliphatic heterocycles. The maximum atomic E-state index is 12.5. The number of rotatable bonds is 5. The normalized spacial score (nSPS) is 21.8. The molecule has 1 fully saturated rings. The zero-order chi connectivity index (χ0) is 18.7. The largest absolute Gasteiger partial charge is 0.466 e. The van der Waals surface area contributed by atoms with Gasteiger partial charge in [0.25, 0.3) is 10.1 Å². The first-order valence-corrected chi connectivity index (χ1v) is 9.31. The Hall–Kier alpha value is -1.61. The zero-order valence-corrected chi connectivity index (χ0v) is 14.4. The average Bonchev–Trinajstić information content (AvgIpc) is 2.55. The highest BCUT2D eigenvalue weighted by atomic mass is 32.2. The SMILES string of the molecule is CCOC(=O)C1CCC(OS(=O)(=O)c2ccc(C(F)(F)F)cc2)CC1. The lowest BCUT2D eigenvalue weighted by atomic mass is 9.87. The molecule has 0 atom stereocenters. The van der Waals surface area contributed by atoms with Gasteiger partial charge in [-0.1, -0.05) is 0 Å². The maximum absolute atomic E-state index is 12.5. The molecule has 1 aliphatic carbocycles. The molecule has 1 aromatic carbocycles. The van der Waals surface area contributed by atoms with Crippen LogP contribution in [-0.4, -0.2) is 27.1 Å². The van der Waals surface area contributed by atoms with E-state index in [2.05, 4.69) is 0 Å². The average molecular weight is 380 g/mol. The van der Waals surface area contributed by atoms with Gasteiger partial charge in [0, 0.05) is 0 Å². The van der Waals surface area contributed by atoms with Gasteiger partial charge in [-0.05, 0) is 56.9 Å². The number of benzene rings is 1. The molecule has 0 saturated heterocycles. The third-order valence-corrected chi connectivity index (χ3v) is 5.40. The van der Waals surface area contributed by atoms with Crippen molar-refractivity contribution in [2.45, 2.75) is 49.8 Å². The van der Waals surface area contributed by atoms with Gasteiger partial charge in [0.15, 0.2) is 0 Å². The van der Waals surface area contributed by atoms with Crippen LogP contribution in [0.25, 0.3) is 0 Å². The van der Waals surface area contributed by atoms with E-state index in [1.165, 1.54) is 0 Å². The topological polar surface area (TPSA) is 69.7 Å². The number of carbonyl (C=O) groups is 1. The van der Waals surface area contributed by atoms with E-state index in [1.807, 2.05) is 0 Å². The van der Waals surface area contributed by atoms with Crippen LogP contribution in [0.1, 0.15) is 38.2 Å². The Morgan fingerprint density at radius 3 is 2.16 bits per heavy atom. The van der Waals surface area contributed by atoms with Crippen molar-refractivity contribution in [1.29, 1.82) is 0 Å². The van der Waals surface area contributed by atoms with Gasteiger partial charge in [0.1, 0.15) is 0 Å². The third-order valence-electron chi connectivity index (χ3n) is 4.03. The molecule has 2 rings (SSSR count). The van der Waals surface area contributed by atoms with Crippen LogP contribution in [0, 0.1) is 5.92 Å². The van der Waals surface area contributed by atoms with Crippen molar-refractivity contribution in [1.82, 2.24) is 0 Å². The molecule has 0 bridgehead atoms. The summed E-state index contributed by atoms with van der Waals surface area (Å²) in [6, 6.07) is 3.16. The van der Waals surface area contributed by atoms with Crippen LogP contribution in [0.3, 0.4) is 0 Å². The fraction of sp³-hybridized carbons (Fsp3) is 0.562. The van der Waals surface area contributed by atoms with Crippen LogP contribution in [0.5, 0.6) is 0 Å². The first-order chi connectivity index (χ1) is 11.6. The predicted molar refractivity (Wildman–Crippen MR) is 82.1 cm³/mol. The molecule has 1 aromatic rings. The van der Waals surface area contributed by atoms with Gasteiger partial charge < -0.3 is 4.74 Å². The van der Waals surface area contributed by atoms with Crippen LogP contribution in [0.15, 0.2) is 29.2 Å². The standard InChI is InChI=1S/C16H19F3O5S/c1-2-23-15(20)11-3-7-13(8-4-11)24-25(21,22)14-9-5-12(6-10-14)16(17,18)19/h5-6,9-11,13H,2-4,7-8H2,1H3. The van der Waals surface area contributed by atoms with Crippen molar-refractivity contribution in [2.24, 2.45) is 5.92 Å². The molecule has 0 aromatic heterocycles. The molecular weight excluding hydrogens is 361 g/mol. The van der Waals surface area contributed by atoms with Crippen molar-refractivity contribution in [3.05, 3.63) is 29.8 Å². The summed E-state index contributed by atoms with van der Waals surface area (Å²) in [5.74, 6) is -0.569. The van der Waals surface area contributed by atoms with Gasteiger partial charge in [0.05, 0.1) is 29.1 Å². The number of carbonyl (C=O) groups excluding carboxylic acids is 1. The smallest absolute Gasteiger partial charge is 0.416 e.